The number of aldehydes is 1. The van der Waals surface area contributed by atoms with E-state index < -0.39 is 34.1 Å². The molecule has 0 radical (unpaired) electrons. The van der Waals surface area contributed by atoms with Crippen LogP contribution < -0.4 is 10.5 Å². The van der Waals surface area contributed by atoms with Crippen LogP contribution >= 0.6 is 11.6 Å². The van der Waals surface area contributed by atoms with E-state index in [1.807, 2.05) is 0 Å². The van der Waals surface area contributed by atoms with Crippen LogP contribution in [0, 0.1) is 0 Å². The highest BCUT2D eigenvalue weighted by Crippen LogP contribution is 2.45. The number of piperidine rings is 1. The predicted octanol–water partition coefficient (Wildman–Crippen LogP) is 4.05. The van der Waals surface area contributed by atoms with E-state index in [1.165, 1.54) is 16.6 Å². The van der Waals surface area contributed by atoms with Gasteiger partial charge in [-0.3, -0.25) is 19.4 Å². The third-order valence-electron chi connectivity index (χ3n) is 5.95. The summed E-state index contributed by atoms with van der Waals surface area (Å²) >= 11 is 6.43. The van der Waals surface area contributed by atoms with E-state index in [1.54, 1.807) is 0 Å². The number of H-pyrrole nitrogens is 1. The van der Waals surface area contributed by atoms with Gasteiger partial charge in [0, 0.05) is 25.1 Å². The number of ketones is 1. The zero-order valence-corrected chi connectivity index (χ0v) is 17.5. The van der Waals surface area contributed by atoms with Crippen molar-refractivity contribution >= 4 is 29.4 Å². The first-order valence-corrected chi connectivity index (χ1v) is 10.5. The van der Waals surface area contributed by atoms with Gasteiger partial charge in [0.2, 0.25) is 5.78 Å². The number of nitrogens with one attached hydrogen (secondary N) is 1. The summed E-state index contributed by atoms with van der Waals surface area (Å²) < 4.78 is 42.6. The summed E-state index contributed by atoms with van der Waals surface area (Å²) in [7, 11) is 1.48. The highest BCUT2D eigenvalue weighted by atomic mass is 35.5. The highest BCUT2D eigenvalue weighted by molar-refractivity contribution is 6.37. The van der Waals surface area contributed by atoms with Gasteiger partial charge in [-0.2, -0.15) is 13.2 Å². The van der Waals surface area contributed by atoms with Crippen molar-refractivity contribution in [2.75, 3.05) is 11.4 Å². The molecule has 1 N–H and O–H groups in total. The Morgan fingerprint density at radius 1 is 1.23 bits per heavy atom. The smallest absolute Gasteiger partial charge is 0.360 e. The molecule has 166 valence electrons. The maximum atomic E-state index is 13.8. The molecule has 0 bridgehead atoms. The molecule has 1 aromatic heterocycles. The van der Waals surface area contributed by atoms with E-state index in [4.69, 9.17) is 11.6 Å². The van der Waals surface area contributed by atoms with E-state index in [2.05, 4.69) is 5.10 Å². The minimum absolute atomic E-state index is 0.0436. The number of aryl methyl sites for hydroxylation is 1. The summed E-state index contributed by atoms with van der Waals surface area (Å²) in [5.74, 6) is -0.675. The van der Waals surface area contributed by atoms with Gasteiger partial charge in [0.25, 0.3) is 5.56 Å². The van der Waals surface area contributed by atoms with Gasteiger partial charge in [-0.1, -0.05) is 11.6 Å². The molecule has 1 aliphatic heterocycles. The summed E-state index contributed by atoms with van der Waals surface area (Å²) in [6.07, 6.45) is -0.768. The topological polar surface area (TPSA) is 75.2 Å². The molecule has 0 spiro atoms. The van der Waals surface area contributed by atoms with Crippen molar-refractivity contribution in [3.05, 3.63) is 49.9 Å². The Morgan fingerprint density at radius 2 is 1.94 bits per heavy atom. The number of nitrogens with zero attached hydrogens (tertiary/aromatic N) is 2. The van der Waals surface area contributed by atoms with Crippen LogP contribution in [0.4, 0.5) is 18.9 Å². The quantitative estimate of drug-likeness (QED) is 0.545. The van der Waals surface area contributed by atoms with Crippen molar-refractivity contribution in [2.45, 2.75) is 50.2 Å². The molecule has 1 saturated heterocycles. The minimum atomic E-state index is -4.73. The second-order valence-corrected chi connectivity index (χ2v) is 8.46. The Morgan fingerprint density at radius 3 is 2.55 bits per heavy atom. The Labute approximate surface area is 181 Å². The van der Waals surface area contributed by atoms with Gasteiger partial charge >= 0.3 is 6.18 Å². The number of hydrogen-bond donors (Lipinski definition) is 1. The van der Waals surface area contributed by atoms with Gasteiger partial charge in [0.1, 0.15) is 11.8 Å². The van der Waals surface area contributed by atoms with Gasteiger partial charge in [-0.25, -0.2) is 0 Å². The molecule has 2 heterocycles. The summed E-state index contributed by atoms with van der Waals surface area (Å²) in [6.45, 7) is 0.211. The Hall–Kier alpha value is -2.55. The monoisotopic (exact) mass is 455 g/mol. The number of carbonyl (C=O) groups is 2. The van der Waals surface area contributed by atoms with Crippen LogP contribution in [0.5, 0.6) is 0 Å². The molecule has 1 unspecified atom stereocenters. The van der Waals surface area contributed by atoms with Crippen molar-refractivity contribution in [1.82, 2.24) is 9.78 Å². The number of aromatic nitrogens is 2. The van der Waals surface area contributed by atoms with Crippen molar-refractivity contribution in [3.8, 4) is 0 Å². The third kappa shape index (κ3) is 3.79. The number of rotatable bonds is 5. The lowest BCUT2D eigenvalue weighted by Gasteiger charge is -2.36. The van der Waals surface area contributed by atoms with Crippen molar-refractivity contribution in [2.24, 2.45) is 7.05 Å². The first-order chi connectivity index (χ1) is 14.6. The normalized spacial score (nSPS) is 19.5. The number of halogens is 4. The molecule has 2 aromatic rings. The molecule has 4 rings (SSSR count). The van der Waals surface area contributed by atoms with Crippen LogP contribution in [0.15, 0.2) is 16.9 Å². The first-order valence-electron chi connectivity index (χ1n) is 10.1. The van der Waals surface area contributed by atoms with Gasteiger partial charge in [-0.15, -0.1) is 0 Å². The van der Waals surface area contributed by atoms with Crippen LogP contribution in [0.3, 0.4) is 0 Å². The molecule has 1 aromatic carbocycles. The summed E-state index contributed by atoms with van der Waals surface area (Å²) in [5, 5.41) is 2.49. The second kappa shape index (κ2) is 7.85. The lowest BCUT2D eigenvalue weighted by Crippen LogP contribution is -2.42. The molecule has 1 atom stereocenters. The molecule has 10 heteroatoms. The number of hydrogen-bond acceptors (Lipinski definition) is 4. The van der Waals surface area contributed by atoms with Crippen LogP contribution in [-0.4, -0.2) is 34.4 Å². The number of alkyl halides is 3. The highest BCUT2D eigenvalue weighted by Gasteiger charge is 2.40. The zero-order chi connectivity index (χ0) is 22.5. The molecular formula is C21H21ClF3N3O3. The first kappa shape index (κ1) is 21.7. The molecule has 2 fully saturated rings. The van der Waals surface area contributed by atoms with Crippen molar-refractivity contribution in [3.63, 3.8) is 0 Å². The SMILES string of the molecule is Cn1[nH]c(C2CC2)c(C(=O)c2ccc(C(F)(F)F)c(N3CCCCC3C=O)c2Cl)c1=O. The van der Waals surface area contributed by atoms with Crippen LogP contribution in [0.1, 0.15) is 65.2 Å². The molecule has 0 amide bonds. The van der Waals surface area contributed by atoms with Crippen molar-refractivity contribution in [1.29, 1.82) is 0 Å². The predicted molar refractivity (Wildman–Crippen MR) is 109 cm³/mol. The Bertz CT molecular complexity index is 1100. The molecule has 2 aliphatic rings. The average molecular weight is 456 g/mol. The molecule has 1 saturated carbocycles. The number of aromatic amines is 1. The Balaban J connectivity index is 1.88. The molecule has 6 nitrogen and oxygen atoms in total. The van der Waals surface area contributed by atoms with Crippen LogP contribution in [-0.2, 0) is 18.0 Å². The lowest BCUT2D eigenvalue weighted by molar-refractivity contribution is -0.137. The number of benzene rings is 1. The zero-order valence-electron chi connectivity index (χ0n) is 16.8. The molecule has 31 heavy (non-hydrogen) atoms. The fourth-order valence-electron chi connectivity index (χ4n) is 4.22. The summed E-state index contributed by atoms with van der Waals surface area (Å²) in [6, 6.07) is 1.05. The minimum Gasteiger partial charge on any atom is -0.360 e. The van der Waals surface area contributed by atoms with Gasteiger partial charge in [0.15, 0.2) is 0 Å². The molecule has 1 aliphatic carbocycles. The fourth-order valence-corrected chi connectivity index (χ4v) is 4.58. The van der Waals surface area contributed by atoms with E-state index >= 15 is 0 Å². The standard InChI is InChI=1S/C21H21ClF3N3O3/c1-27-20(31)15(17(26-27)11-5-6-11)19(30)13-7-8-14(21(23,24)25)18(16(13)22)28-9-3-2-4-12(28)10-29/h7-8,10-12,26H,2-6,9H2,1H3. The maximum Gasteiger partial charge on any atom is 0.418 e. The second-order valence-electron chi connectivity index (χ2n) is 8.08. The van der Waals surface area contributed by atoms with Crippen LogP contribution in [0.25, 0.3) is 0 Å². The van der Waals surface area contributed by atoms with Crippen LogP contribution in [0.2, 0.25) is 5.02 Å². The van der Waals surface area contributed by atoms with Gasteiger partial charge < -0.3 is 9.69 Å². The van der Waals surface area contributed by atoms with Crippen molar-refractivity contribution < 1.29 is 22.8 Å². The lowest BCUT2D eigenvalue weighted by atomic mass is 9.96. The maximum absolute atomic E-state index is 13.8. The largest absolute Gasteiger partial charge is 0.418 e. The fraction of sp³-hybridized carbons (Fsp3) is 0.476. The van der Waals surface area contributed by atoms with E-state index in [0.29, 0.717) is 31.2 Å². The van der Waals surface area contributed by atoms with E-state index in [0.717, 1.165) is 25.0 Å². The van der Waals surface area contributed by atoms with E-state index in [-0.39, 0.29) is 29.3 Å². The van der Waals surface area contributed by atoms with Gasteiger partial charge in [0.05, 0.1) is 28.0 Å². The Kier molecular flexibility index (Phi) is 5.49. The summed E-state index contributed by atoms with van der Waals surface area (Å²) in [5.41, 5.74) is -1.72. The van der Waals surface area contributed by atoms with E-state index in [9.17, 15) is 27.6 Å². The average Bonchev–Trinajstić information content (AvgIpc) is 3.52. The molecular weight excluding hydrogens is 435 g/mol. The summed E-state index contributed by atoms with van der Waals surface area (Å²) in [4.78, 5) is 38.8. The van der Waals surface area contributed by atoms with Gasteiger partial charge in [-0.05, 0) is 44.2 Å². The number of carbonyl (C=O) groups excluding carboxylic acids is 2. The third-order valence-corrected chi connectivity index (χ3v) is 6.33. The number of anilines is 1.